The zero-order chi connectivity index (χ0) is 22.3. The fourth-order valence-electron chi connectivity index (χ4n) is 4.45. The summed E-state index contributed by atoms with van der Waals surface area (Å²) in [4.78, 5) is 13.1. The third-order valence-electron chi connectivity index (χ3n) is 6.13. The van der Waals surface area contributed by atoms with Crippen LogP contribution in [0.4, 0.5) is 11.8 Å². The molecule has 2 aromatic rings. The third kappa shape index (κ3) is 4.03. The van der Waals surface area contributed by atoms with Gasteiger partial charge in [0.05, 0.1) is 23.4 Å². The molecule has 0 aromatic carbocycles. The van der Waals surface area contributed by atoms with Crippen molar-refractivity contribution in [2.75, 3.05) is 17.7 Å². The van der Waals surface area contributed by atoms with E-state index in [9.17, 15) is 15.3 Å². The highest BCUT2D eigenvalue weighted by molar-refractivity contribution is 6.30. The van der Waals surface area contributed by atoms with Crippen molar-refractivity contribution in [3.8, 4) is 5.75 Å². The van der Waals surface area contributed by atoms with Crippen LogP contribution >= 0.6 is 11.6 Å². The van der Waals surface area contributed by atoms with Gasteiger partial charge in [0, 0.05) is 30.2 Å². The zero-order valence-corrected chi connectivity index (χ0v) is 18.3. The van der Waals surface area contributed by atoms with E-state index in [0.29, 0.717) is 24.2 Å². The summed E-state index contributed by atoms with van der Waals surface area (Å²) < 4.78 is 6.27. The molecule has 0 saturated heterocycles. The maximum Gasteiger partial charge on any atom is 0.223 e. The summed E-state index contributed by atoms with van der Waals surface area (Å²) in [6.07, 6.45) is -0.0134. The van der Waals surface area contributed by atoms with Crippen LogP contribution < -0.4 is 15.8 Å². The predicted octanol–water partition coefficient (Wildman–Crippen LogP) is 1.42. The summed E-state index contributed by atoms with van der Waals surface area (Å²) in [6.45, 7) is 3.88. The van der Waals surface area contributed by atoms with Crippen molar-refractivity contribution < 1.29 is 20.1 Å². The molecular formula is C21H28ClN5O4. The minimum absolute atomic E-state index is 0.0114. The lowest BCUT2D eigenvalue weighted by atomic mass is 10.0. The van der Waals surface area contributed by atoms with Crippen molar-refractivity contribution in [3.05, 3.63) is 33.7 Å². The number of aliphatic hydroxyl groups is 3. The SMILES string of the molecule is CCc1cc2c(c(CC)n1)OC(c1c(Cl)nc(N)nc1N[C@@H]1C[C@H](CO)[C@@H](O)[C@H]1O)C2. The molecule has 9 nitrogen and oxygen atoms in total. The number of anilines is 2. The van der Waals surface area contributed by atoms with E-state index in [1.165, 1.54) is 0 Å². The highest BCUT2D eigenvalue weighted by atomic mass is 35.5. The molecule has 1 saturated carbocycles. The number of aromatic nitrogens is 3. The molecule has 1 fully saturated rings. The maximum absolute atomic E-state index is 10.4. The smallest absolute Gasteiger partial charge is 0.223 e. The van der Waals surface area contributed by atoms with Crippen LogP contribution in [0.15, 0.2) is 6.07 Å². The van der Waals surface area contributed by atoms with E-state index in [2.05, 4.69) is 33.3 Å². The lowest BCUT2D eigenvalue weighted by molar-refractivity contribution is 0.00444. The number of hydrogen-bond acceptors (Lipinski definition) is 9. The molecule has 168 valence electrons. The van der Waals surface area contributed by atoms with Crippen molar-refractivity contribution >= 4 is 23.4 Å². The summed E-state index contributed by atoms with van der Waals surface area (Å²) in [7, 11) is 0. The van der Waals surface area contributed by atoms with E-state index in [4.69, 9.17) is 22.1 Å². The molecule has 0 amide bonds. The zero-order valence-electron chi connectivity index (χ0n) is 17.5. The lowest BCUT2D eigenvalue weighted by Gasteiger charge is -2.23. The molecule has 0 bridgehead atoms. The molecule has 5 atom stereocenters. The Hall–Kier alpha value is -2.20. The van der Waals surface area contributed by atoms with Crippen molar-refractivity contribution in [1.82, 2.24) is 15.0 Å². The average Bonchev–Trinajstić information content (AvgIpc) is 3.28. The van der Waals surface area contributed by atoms with E-state index < -0.39 is 30.3 Å². The Kier molecular flexibility index (Phi) is 6.20. The minimum Gasteiger partial charge on any atom is -0.483 e. The van der Waals surface area contributed by atoms with Crippen LogP contribution in [0.2, 0.25) is 5.15 Å². The largest absolute Gasteiger partial charge is 0.483 e. The Morgan fingerprint density at radius 2 is 1.97 bits per heavy atom. The Balaban J connectivity index is 1.67. The van der Waals surface area contributed by atoms with Gasteiger partial charge in [0.2, 0.25) is 5.95 Å². The molecule has 10 heteroatoms. The average molecular weight is 450 g/mol. The number of ether oxygens (including phenoxy) is 1. The van der Waals surface area contributed by atoms with Crippen molar-refractivity contribution in [3.63, 3.8) is 0 Å². The Morgan fingerprint density at radius 3 is 2.61 bits per heavy atom. The van der Waals surface area contributed by atoms with Crippen LogP contribution in [0.25, 0.3) is 0 Å². The number of aryl methyl sites for hydroxylation is 2. The summed E-state index contributed by atoms with van der Waals surface area (Å²) in [6, 6.07) is 1.52. The monoisotopic (exact) mass is 449 g/mol. The number of hydrogen-bond donors (Lipinski definition) is 5. The second-order valence-electron chi connectivity index (χ2n) is 8.11. The van der Waals surface area contributed by atoms with E-state index >= 15 is 0 Å². The molecule has 1 unspecified atom stereocenters. The molecular weight excluding hydrogens is 422 g/mol. The first kappa shape index (κ1) is 22.0. The topological polar surface area (TPSA) is 147 Å². The number of rotatable bonds is 6. The first-order valence-electron chi connectivity index (χ1n) is 10.6. The van der Waals surface area contributed by atoms with E-state index in [1.807, 2.05) is 6.92 Å². The maximum atomic E-state index is 10.4. The molecule has 4 rings (SSSR count). The molecule has 0 spiro atoms. The number of aliphatic hydroxyl groups excluding tert-OH is 3. The Bertz CT molecular complexity index is 975. The van der Waals surface area contributed by atoms with Gasteiger partial charge in [-0.15, -0.1) is 0 Å². The number of pyridine rings is 1. The van der Waals surface area contributed by atoms with Gasteiger partial charge in [-0.2, -0.15) is 4.98 Å². The minimum atomic E-state index is -1.07. The third-order valence-corrected chi connectivity index (χ3v) is 6.42. The van der Waals surface area contributed by atoms with Gasteiger partial charge in [-0.1, -0.05) is 25.4 Å². The summed E-state index contributed by atoms with van der Waals surface area (Å²) >= 11 is 6.48. The first-order chi connectivity index (χ1) is 14.9. The molecule has 1 aliphatic carbocycles. The number of halogens is 1. The number of nitrogens with two attached hydrogens (primary N) is 1. The van der Waals surface area contributed by atoms with Gasteiger partial charge in [-0.25, -0.2) is 4.98 Å². The molecule has 6 N–H and O–H groups in total. The lowest BCUT2D eigenvalue weighted by Crippen LogP contribution is -2.36. The standard InChI is InChI=1S/C21H28ClN5O4/c1-3-11-5-9-7-14(31-18(9)12(4-2)24-11)15-19(22)26-21(23)27-20(15)25-13-6-10(8-28)16(29)17(13)30/h5,10,13-14,16-17,28-30H,3-4,6-8H2,1-2H3,(H3,23,25,26,27)/t10-,13-,14?,16-,17+/m1/s1. The van der Waals surface area contributed by atoms with Crippen molar-refractivity contribution in [2.24, 2.45) is 5.92 Å². The first-order valence-corrected chi connectivity index (χ1v) is 11.0. The van der Waals surface area contributed by atoms with Crippen LogP contribution in [0, 0.1) is 5.92 Å². The van der Waals surface area contributed by atoms with Crippen LogP contribution in [0.5, 0.6) is 5.75 Å². The van der Waals surface area contributed by atoms with E-state index in [-0.39, 0.29) is 17.7 Å². The Labute approximate surface area is 185 Å². The fourth-order valence-corrected chi connectivity index (χ4v) is 4.74. The number of nitrogen functional groups attached to an aromatic ring is 1. The number of fused-ring (bicyclic) bond motifs is 1. The number of nitrogens with one attached hydrogen (secondary N) is 1. The Morgan fingerprint density at radius 1 is 1.19 bits per heavy atom. The normalized spacial score (nSPS) is 27.2. The second kappa shape index (κ2) is 8.74. The number of nitrogens with zero attached hydrogens (tertiary/aromatic N) is 3. The van der Waals surface area contributed by atoms with Crippen LogP contribution in [0.1, 0.15) is 48.9 Å². The van der Waals surface area contributed by atoms with Crippen LogP contribution in [0.3, 0.4) is 0 Å². The summed E-state index contributed by atoms with van der Waals surface area (Å²) in [5.74, 6) is 0.679. The quantitative estimate of drug-likeness (QED) is 0.413. The van der Waals surface area contributed by atoms with E-state index in [0.717, 1.165) is 35.5 Å². The molecule has 1 aliphatic heterocycles. The van der Waals surface area contributed by atoms with Crippen LogP contribution in [-0.2, 0) is 19.3 Å². The molecule has 3 heterocycles. The molecule has 31 heavy (non-hydrogen) atoms. The highest BCUT2D eigenvalue weighted by Crippen LogP contribution is 2.43. The predicted molar refractivity (Wildman–Crippen MR) is 116 cm³/mol. The van der Waals surface area contributed by atoms with Gasteiger partial charge in [0.25, 0.3) is 0 Å². The highest BCUT2D eigenvalue weighted by Gasteiger charge is 2.42. The van der Waals surface area contributed by atoms with Gasteiger partial charge in [-0.05, 0) is 25.3 Å². The van der Waals surface area contributed by atoms with Crippen molar-refractivity contribution in [1.29, 1.82) is 0 Å². The van der Waals surface area contributed by atoms with Crippen LogP contribution in [-0.4, -0.2) is 55.1 Å². The van der Waals surface area contributed by atoms with Crippen molar-refractivity contribution in [2.45, 2.75) is 63.9 Å². The van der Waals surface area contributed by atoms with E-state index in [1.54, 1.807) is 0 Å². The summed E-state index contributed by atoms with van der Waals surface area (Å²) in [5, 5.41) is 33.3. The van der Waals surface area contributed by atoms with Gasteiger partial charge < -0.3 is 31.1 Å². The molecule has 2 aliphatic rings. The van der Waals surface area contributed by atoms with Gasteiger partial charge in [0.15, 0.2) is 0 Å². The fraction of sp³-hybridized carbons (Fsp3) is 0.571. The van der Waals surface area contributed by atoms with Gasteiger partial charge >= 0.3 is 0 Å². The van der Waals surface area contributed by atoms with Gasteiger partial charge in [-0.3, -0.25) is 4.98 Å². The van der Waals surface area contributed by atoms with Gasteiger partial charge in [0.1, 0.15) is 28.9 Å². The summed E-state index contributed by atoms with van der Waals surface area (Å²) in [5.41, 5.74) is 9.35. The molecule has 0 radical (unpaired) electrons. The second-order valence-corrected chi connectivity index (χ2v) is 8.47. The molecule has 2 aromatic heterocycles.